The van der Waals surface area contributed by atoms with Gasteiger partial charge in [-0.15, -0.1) is 0 Å². The summed E-state index contributed by atoms with van der Waals surface area (Å²) in [4.78, 5) is 0. The lowest BCUT2D eigenvalue weighted by Gasteiger charge is -1.87. The average Bonchev–Trinajstić information content (AvgIpc) is 1.90. The first kappa shape index (κ1) is 5.56. The highest BCUT2D eigenvalue weighted by molar-refractivity contribution is 7.79. The van der Waals surface area contributed by atoms with Crippen molar-refractivity contribution in [3.8, 4) is 0 Å². The standard InChI is InChI=1S/C5H6N2S/c8-4-5-1-2-6-7-3-5/h1-3,8H,4H2. The summed E-state index contributed by atoms with van der Waals surface area (Å²) in [5, 5.41) is 7.27. The fraction of sp³-hybridized carbons (Fsp3) is 0.200. The third-order valence-electron chi connectivity index (χ3n) is 0.828. The van der Waals surface area contributed by atoms with Crippen LogP contribution in [0.4, 0.5) is 0 Å². The minimum absolute atomic E-state index is 0.732. The summed E-state index contributed by atoms with van der Waals surface area (Å²) >= 11 is 4.04. The second-order valence-electron chi connectivity index (χ2n) is 1.41. The van der Waals surface area contributed by atoms with Gasteiger partial charge >= 0.3 is 0 Å². The molecule has 0 unspecified atom stereocenters. The van der Waals surface area contributed by atoms with Crippen LogP contribution in [0.15, 0.2) is 18.5 Å². The Morgan fingerprint density at radius 2 is 2.38 bits per heavy atom. The molecule has 0 fully saturated rings. The van der Waals surface area contributed by atoms with E-state index in [4.69, 9.17) is 0 Å². The molecule has 1 rings (SSSR count). The van der Waals surface area contributed by atoms with E-state index in [1.807, 2.05) is 6.07 Å². The van der Waals surface area contributed by atoms with E-state index in [1.54, 1.807) is 12.4 Å². The van der Waals surface area contributed by atoms with Crippen LogP contribution in [0.2, 0.25) is 0 Å². The molecule has 0 aliphatic carbocycles. The molecule has 0 aromatic carbocycles. The van der Waals surface area contributed by atoms with Gasteiger partial charge in [0.05, 0.1) is 6.20 Å². The Morgan fingerprint density at radius 1 is 1.50 bits per heavy atom. The molecule has 0 radical (unpaired) electrons. The van der Waals surface area contributed by atoms with Crippen LogP contribution >= 0.6 is 12.6 Å². The molecule has 0 aliphatic rings. The van der Waals surface area contributed by atoms with Gasteiger partial charge in [-0.1, -0.05) is 0 Å². The van der Waals surface area contributed by atoms with E-state index >= 15 is 0 Å². The van der Waals surface area contributed by atoms with Gasteiger partial charge in [-0.05, 0) is 11.6 Å². The van der Waals surface area contributed by atoms with Crippen molar-refractivity contribution >= 4 is 12.6 Å². The van der Waals surface area contributed by atoms with Gasteiger partial charge in [-0.2, -0.15) is 22.8 Å². The number of nitrogens with zero attached hydrogens (tertiary/aromatic N) is 2. The number of aromatic nitrogens is 2. The maximum atomic E-state index is 4.04. The number of hydrogen-bond donors (Lipinski definition) is 1. The van der Waals surface area contributed by atoms with E-state index in [-0.39, 0.29) is 0 Å². The highest BCUT2D eigenvalue weighted by Crippen LogP contribution is 1.96. The molecule has 1 aromatic heterocycles. The molecule has 0 spiro atoms. The first-order chi connectivity index (χ1) is 3.93. The highest BCUT2D eigenvalue weighted by Gasteiger charge is 1.82. The highest BCUT2D eigenvalue weighted by atomic mass is 32.1. The van der Waals surface area contributed by atoms with Crippen molar-refractivity contribution in [1.82, 2.24) is 10.2 Å². The SMILES string of the molecule is SCc1ccnnc1. The minimum Gasteiger partial charge on any atom is -0.174 e. The van der Waals surface area contributed by atoms with Crippen molar-refractivity contribution in [3.63, 3.8) is 0 Å². The first-order valence-electron chi connectivity index (χ1n) is 2.30. The van der Waals surface area contributed by atoms with Gasteiger partial charge in [-0.25, -0.2) is 0 Å². The number of hydrogen-bond acceptors (Lipinski definition) is 3. The van der Waals surface area contributed by atoms with Crippen molar-refractivity contribution in [2.45, 2.75) is 5.75 Å². The fourth-order valence-electron chi connectivity index (χ4n) is 0.412. The predicted molar refractivity (Wildman–Crippen MR) is 34.7 cm³/mol. The summed E-state index contributed by atoms with van der Waals surface area (Å²) in [5.74, 6) is 0.732. The van der Waals surface area contributed by atoms with E-state index in [0.29, 0.717) is 0 Å². The molecule has 2 nitrogen and oxygen atoms in total. The lowest BCUT2D eigenvalue weighted by molar-refractivity contribution is 1.01. The maximum absolute atomic E-state index is 4.04. The fourth-order valence-corrected chi connectivity index (χ4v) is 0.599. The zero-order valence-electron chi connectivity index (χ0n) is 4.28. The summed E-state index contributed by atoms with van der Waals surface area (Å²) in [6.45, 7) is 0. The van der Waals surface area contributed by atoms with Crippen LogP contribution < -0.4 is 0 Å². The Labute approximate surface area is 53.4 Å². The molecular formula is C5H6N2S. The minimum atomic E-state index is 0.732. The number of thiol groups is 1. The van der Waals surface area contributed by atoms with Crippen molar-refractivity contribution in [3.05, 3.63) is 24.0 Å². The second-order valence-corrected chi connectivity index (χ2v) is 1.73. The molecule has 1 aromatic rings. The summed E-state index contributed by atoms with van der Waals surface area (Å²) in [7, 11) is 0. The largest absolute Gasteiger partial charge is 0.174 e. The Bertz CT molecular complexity index is 152. The van der Waals surface area contributed by atoms with E-state index in [2.05, 4.69) is 22.8 Å². The van der Waals surface area contributed by atoms with E-state index in [0.717, 1.165) is 11.3 Å². The van der Waals surface area contributed by atoms with Crippen molar-refractivity contribution in [2.24, 2.45) is 0 Å². The van der Waals surface area contributed by atoms with E-state index < -0.39 is 0 Å². The third-order valence-corrected chi connectivity index (χ3v) is 1.19. The van der Waals surface area contributed by atoms with Gasteiger partial charge < -0.3 is 0 Å². The summed E-state index contributed by atoms with van der Waals surface area (Å²) < 4.78 is 0. The Kier molecular flexibility index (Phi) is 1.86. The predicted octanol–water partition coefficient (Wildman–Crippen LogP) is 0.906. The van der Waals surface area contributed by atoms with Crippen LogP contribution in [-0.2, 0) is 5.75 Å². The van der Waals surface area contributed by atoms with Crippen molar-refractivity contribution < 1.29 is 0 Å². The molecule has 0 amide bonds. The molecule has 0 aliphatic heterocycles. The molecule has 8 heavy (non-hydrogen) atoms. The second kappa shape index (κ2) is 2.67. The summed E-state index contributed by atoms with van der Waals surface area (Å²) in [5.41, 5.74) is 1.10. The van der Waals surface area contributed by atoms with Gasteiger partial charge in [0.15, 0.2) is 0 Å². The van der Waals surface area contributed by atoms with Gasteiger partial charge in [-0.3, -0.25) is 0 Å². The lowest BCUT2D eigenvalue weighted by Crippen LogP contribution is -1.81. The van der Waals surface area contributed by atoms with Crippen molar-refractivity contribution in [2.75, 3.05) is 0 Å². The molecule has 0 bridgehead atoms. The van der Waals surface area contributed by atoms with Crippen LogP contribution in [0.5, 0.6) is 0 Å². The number of rotatable bonds is 1. The molecule has 0 N–H and O–H groups in total. The molecule has 3 heteroatoms. The van der Waals surface area contributed by atoms with Crippen LogP contribution in [-0.4, -0.2) is 10.2 Å². The van der Waals surface area contributed by atoms with Crippen molar-refractivity contribution in [1.29, 1.82) is 0 Å². The van der Waals surface area contributed by atoms with Gasteiger partial charge in [0.25, 0.3) is 0 Å². The first-order valence-corrected chi connectivity index (χ1v) is 2.93. The third kappa shape index (κ3) is 1.20. The molecule has 0 saturated heterocycles. The van der Waals surface area contributed by atoms with Gasteiger partial charge in [0, 0.05) is 11.9 Å². The molecule has 1 heterocycles. The molecular weight excluding hydrogens is 120 g/mol. The maximum Gasteiger partial charge on any atom is 0.0536 e. The van der Waals surface area contributed by atoms with Gasteiger partial charge in [0.2, 0.25) is 0 Å². The summed E-state index contributed by atoms with van der Waals surface area (Å²) in [6.07, 6.45) is 3.36. The smallest absolute Gasteiger partial charge is 0.0536 e. The molecule has 42 valence electrons. The summed E-state index contributed by atoms with van der Waals surface area (Å²) in [6, 6.07) is 1.89. The average molecular weight is 126 g/mol. The quantitative estimate of drug-likeness (QED) is 0.566. The Balaban J connectivity index is 2.83. The molecule has 0 saturated carbocycles. The van der Waals surface area contributed by atoms with Crippen LogP contribution in [0.1, 0.15) is 5.56 Å². The van der Waals surface area contributed by atoms with Gasteiger partial charge in [0.1, 0.15) is 0 Å². The zero-order valence-corrected chi connectivity index (χ0v) is 5.18. The Hall–Kier alpha value is -0.570. The monoisotopic (exact) mass is 126 g/mol. The van der Waals surface area contributed by atoms with E-state index in [9.17, 15) is 0 Å². The van der Waals surface area contributed by atoms with E-state index in [1.165, 1.54) is 0 Å². The van der Waals surface area contributed by atoms with Crippen LogP contribution in [0.3, 0.4) is 0 Å². The zero-order chi connectivity index (χ0) is 5.82. The van der Waals surface area contributed by atoms with Crippen LogP contribution in [0, 0.1) is 0 Å². The Morgan fingerprint density at radius 3 is 2.75 bits per heavy atom. The lowest BCUT2D eigenvalue weighted by atomic mass is 10.4. The van der Waals surface area contributed by atoms with Crippen LogP contribution in [0.25, 0.3) is 0 Å². The normalized spacial score (nSPS) is 9.12. The topological polar surface area (TPSA) is 25.8 Å². The molecule has 0 atom stereocenters.